The van der Waals surface area contributed by atoms with Gasteiger partial charge in [-0.05, 0) is 84.1 Å². The van der Waals surface area contributed by atoms with Crippen LogP contribution in [-0.4, -0.2) is 62.8 Å². The molecule has 0 aliphatic carbocycles. The summed E-state index contributed by atoms with van der Waals surface area (Å²) < 4.78 is 29.2. The van der Waals surface area contributed by atoms with E-state index in [1.165, 1.54) is 25.0 Å². The minimum Gasteiger partial charge on any atom is -0.367 e. The zero-order chi connectivity index (χ0) is 32.4. The average molecular weight is 641 g/mol. The Kier molecular flexibility index (Phi) is 11.3. The highest BCUT2D eigenvalue weighted by molar-refractivity contribution is 7.89. The molecule has 4 aromatic rings. The summed E-state index contributed by atoms with van der Waals surface area (Å²) in [6.45, 7) is 4.40. The predicted octanol–water partition coefficient (Wildman–Crippen LogP) is 4.57. The van der Waals surface area contributed by atoms with E-state index in [0.29, 0.717) is 25.3 Å². The first kappa shape index (κ1) is 33.0. The molecule has 0 unspecified atom stereocenters. The summed E-state index contributed by atoms with van der Waals surface area (Å²) in [4.78, 5) is 30.4. The van der Waals surface area contributed by atoms with E-state index in [1.807, 2.05) is 78.9 Å². The van der Waals surface area contributed by atoms with E-state index >= 15 is 0 Å². The Labute approximate surface area is 271 Å². The minimum absolute atomic E-state index is 0.00975. The molecule has 2 amide bonds. The molecular formula is C36H40N4O5S. The maximum absolute atomic E-state index is 13.5. The Morgan fingerprint density at radius 1 is 0.783 bits per heavy atom. The van der Waals surface area contributed by atoms with Crippen molar-refractivity contribution in [2.45, 2.75) is 37.4 Å². The maximum Gasteiger partial charge on any atom is 0.251 e. The van der Waals surface area contributed by atoms with Crippen molar-refractivity contribution in [1.29, 1.82) is 0 Å². The molecule has 9 nitrogen and oxygen atoms in total. The number of carbonyl (C=O) groups excluding carboxylic acids is 2. The Hall–Kier alpha value is -4.35. The molecule has 1 saturated heterocycles. The number of likely N-dealkylation sites (tertiary alicyclic amines) is 1. The largest absolute Gasteiger partial charge is 0.367 e. The molecule has 3 N–H and O–H groups in total. The van der Waals surface area contributed by atoms with Crippen molar-refractivity contribution in [3.05, 3.63) is 125 Å². The van der Waals surface area contributed by atoms with Gasteiger partial charge in [0.2, 0.25) is 15.9 Å². The van der Waals surface area contributed by atoms with Gasteiger partial charge in [-0.25, -0.2) is 13.6 Å². The molecule has 1 fully saturated rings. The molecule has 0 spiro atoms. The molecule has 1 aliphatic heterocycles. The predicted molar refractivity (Wildman–Crippen MR) is 178 cm³/mol. The molecule has 0 atom stereocenters. The fraction of sp³-hybridized carbons (Fsp3) is 0.278. The van der Waals surface area contributed by atoms with Crippen LogP contribution < -0.4 is 10.5 Å². The van der Waals surface area contributed by atoms with Crippen LogP contribution >= 0.6 is 0 Å². The van der Waals surface area contributed by atoms with E-state index in [4.69, 9.17) is 9.88 Å². The molecule has 240 valence electrons. The number of nitrogens with one attached hydrogen (secondary N) is 1. The Morgan fingerprint density at radius 3 is 2.15 bits per heavy atom. The summed E-state index contributed by atoms with van der Waals surface area (Å²) in [6.07, 6.45) is 2.44. The van der Waals surface area contributed by atoms with Gasteiger partial charge in [-0.15, -0.1) is 0 Å². The van der Waals surface area contributed by atoms with Crippen LogP contribution in [0.25, 0.3) is 11.1 Å². The summed E-state index contributed by atoms with van der Waals surface area (Å²) in [6, 6.07) is 31.3. The number of sulfonamides is 1. The summed E-state index contributed by atoms with van der Waals surface area (Å²) in [5.41, 5.74) is 5.04. The van der Waals surface area contributed by atoms with Crippen molar-refractivity contribution in [1.82, 2.24) is 15.1 Å². The highest BCUT2D eigenvalue weighted by Crippen LogP contribution is 2.23. The van der Waals surface area contributed by atoms with Crippen LogP contribution in [0.15, 0.2) is 108 Å². The van der Waals surface area contributed by atoms with Gasteiger partial charge in [0.05, 0.1) is 11.5 Å². The van der Waals surface area contributed by atoms with E-state index < -0.39 is 10.0 Å². The summed E-state index contributed by atoms with van der Waals surface area (Å²) in [7, 11) is -3.83. The van der Waals surface area contributed by atoms with Gasteiger partial charge in [-0.1, -0.05) is 72.8 Å². The van der Waals surface area contributed by atoms with E-state index in [0.717, 1.165) is 47.5 Å². The van der Waals surface area contributed by atoms with Gasteiger partial charge in [0.1, 0.15) is 6.61 Å². The van der Waals surface area contributed by atoms with Crippen molar-refractivity contribution in [3.63, 3.8) is 0 Å². The zero-order valence-electron chi connectivity index (χ0n) is 25.8. The number of ether oxygens (including phenoxy) is 1. The molecule has 0 radical (unpaired) electrons. The number of hydrogen-bond donors (Lipinski definition) is 2. The lowest BCUT2D eigenvalue weighted by molar-refractivity contribution is -0.137. The molecule has 10 heteroatoms. The SMILES string of the molecule is NS(=O)(=O)c1ccc(CN(Cc2cccc(-c3cccc(C(=O)NCCN4CCCC4)c3)c2)C(=O)COCc2ccccc2)cc1. The molecule has 1 heterocycles. The molecular weight excluding hydrogens is 600 g/mol. The zero-order valence-corrected chi connectivity index (χ0v) is 26.6. The van der Waals surface area contributed by atoms with E-state index in [2.05, 4.69) is 10.2 Å². The van der Waals surface area contributed by atoms with Crippen molar-refractivity contribution in [2.75, 3.05) is 32.8 Å². The minimum atomic E-state index is -3.83. The number of benzene rings is 4. The van der Waals surface area contributed by atoms with Crippen LogP contribution in [0.4, 0.5) is 0 Å². The van der Waals surface area contributed by atoms with Gasteiger partial charge >= 0.3 is 0 Å². The number of rotatable bonds is 14. The number of nitrogens with zero attached hydrogens (tertiary/aromatic N) is 2. The van der Waals surface area contributed by atoms with Crippen molar-refractivity contribution in [3.8, 4) is 11.1 Å². The van der Waals surface area contributed by atoms with Crippen LogP contribution in [0.3, 0.4) is 0 Å². The Morgan fingerprint density at radius 2 is 1.43 bits per heavy atom. The maximum atomic E-state index is 13.5. The van der Waals surface area contributed by atoms with Crippen LogP contribution in [0.2, 0.25) is 0 Å². The first-order chi connectivity index (χ1) is 22.2. The second-order valence-corrected chi connectivity index (χ2v) is 13.1. The van der Waals surface area contributed by atoms with E-state index in [-0.39, 0.29) is 29.9 Å². The van der Waals surface area contributed by atoms with Crippen LogP contribution in [0.5, 0.6) is 0 Å². The highest BCUT2D eigenvalue weighted by atomic mass is 32.2. The second-order valence-electron chi connectivity index (χ2n) is 11.5. The van der Waals surface area contributed by atoms with E-state index in [1.54, 1.807) is 17.0 Å². The topological polar surface area (TPSA) is 122 Å². The second kappa shape index (κ2) is 15.8. The van der Waals surface area contributed by atoms with E-state index in [9.17, 15) is 18.0 Å². The van der Waals surface area contributed by atoms with Crippen molar-refractivity contribution < 1.29 is 22.7 Å². The molecule has 5 rings (SSSR count). The fourth-order valence-electron chi connectivity index (χ4n) is 5.50. The lowest BCUT2D eigenvalue weighted by Gasteiger charge is -2.23. The quantitative estimate of drug-likeness (QED) is 0.208. The highest BCUT2D eigenvalue weighted by Gasteiger charge is 2.17. The third kappa shape index (κ3) is 9.58. The standard InChI is InChI=1S/C36H40N4O5S/c37-46(43,44)34-16-14-28(15-17-34)24-40(35(41)27-45-26-29-8-2-1-3-9-29)25-30-10-6-11-31(22-30)32-12-7-13-33(23-32)36(42)38-18-21-39-19-4-5-20-39/h1-3,6-17,22-23H,4-5,18-21,24-27H2,(H,38,42)(H2,37,43,44). The first-order valence-corrected chi connectivity index (χ1v) is 17.0. The first-order valence-electron chi connectivity index (χ1n) is 15.5. The normalized spacial score (nSPS) is 13.4. The third-order valence-corrected chi connectivity index (χ3v) is 8.92. The number of hydrogen-bond acceptors (Lipinski definition) is 6. The average Bonchev–Trinajstić information content (AvgIpc) is 3.58. The Balaban J connectivity index is 1.28. The van der Waals surface area contributed by atoms with Crippen molar-refractivity contribution >= 4 is 21.8 Å². The van der Waals surface area contributed by atoms with Crippen molar-refractivity contribution in [2.24, 2.45) is 5.14 Å². The summed E-state index contributed by atoms with van der Waals surface area (Å²) >= 11 is 0. The number of primary sulfonamides is 1. The van der Waals surface area contributed by atoms with Gasteiger partial charge in [-0.2, -0.15) is 0 Å². The van der Waals surface area contributed by atoms with Gasteiger partial charge in [0, 0.05) is 31.7 Å². The molecule has 1 aliphatic rings. The van der Waals surface area contributed by atoms with Crippen LogP contribution in [-0.2, 0) is 39.3 Å². The molecule has 0 bridgehead atoms. The fourth-order valence-corrected chi connectivity index (χ4v) is 6.02. The third-order valence-electron chi connectivity index (χ3n) is 7.99. The lowest BCUT2D eigenvalue weighted by atomic mass is 10.0. The summed E-state index contributed by atoms with van der Waals surface area (Å²) in [5.74, 6) is -0.303. The molecule has 0 aromatic heterocycles. The number of amides is 2. The molecule has 46 heavy (non-hydrogen) atoms. The lowest BCUT2D eigenvalue weighted by Crippen LogP contribution is -2.33. The van der Waals surface area contributed by atoms with Gasteiger partial charge in [-0.3, -0.25) is 9.59 Å². The monoisotopic (exact) mass is 640 g/mol. The molecule has 0 saturated carbocycles. The van der Waals surface area contributed by atoms with Gasteiger partial charge in [0.15, 0.2) is 0 Å². The Bertz CT molecular complexity index is 1720. The van der Waals surface area contributed by atoms with Crippen LogP contribution in [0.1, 0.15) is 39.9 Å². The van der Waals surface area contributed by atoms with Crippen LogP contribution in [0, 0.1) is 0 Å². The number of nitrogens with two attached hydrogens (primary N) is 1. The smallest absolute Gasteiger partial charge is 0.251 e. The summed E-state index contributed by atoms with van der Waals surface area (Å²) in [5, 5.41) is 8.30. The molecule has 4 aromatic carbocycles. The van der Waals surface area contributed by atoms with Gasteiger partial charge in [0.25, 0.3) is 5.91 Å². The van der Waals surface area contributed by atoms with Gasteiger partial charge < -0.3 is 19.9 Å². The number of carbonyl (C=O) groups is 2.